The molecule has 2 heteroatoms. The molecule has 1 aromatic heterocycles. The highest BCUT2D eigenvalue weighted by Gasteiger charge is 2.32. The molecule has 4 rings (SSSR count). The molecular weight excluding hydrogens is 328 g/mol. The average Bonchev–Trinajstić information content (AvgIpc) is 3.12. The Labute approximate surface area is 162 Å². The van der Waals surface area contributed by atoms with Gasteiger partial charge in [0, 0.05) is 36.2 Å². The summed E-state index contributed by atoms with van der Waals surface area (Å²) in [4.78, 5) is 6.10. The van der Waals surface area contributed by atoms with E-state index in [4.69, 9.17) is 0 Å². The van der Waals surface area contributed by atoms with Crippen molar-refractivity contribution in [1.82, 2.24) is 9.88 Å². The number of para-hydroxylation sites is 1. The quantitative estimate of drug-likeness (QED) is 0.579. The van der Waals surface area contributed by atoms with Crippen molar-refractivity contribution in [2.75, 3.05) is 13.1 Å². The highest BCUT2D eigenvalue weighted by Crippen LogP contribution is 2.31. The molecule has 140 valence electrons. The molecule has 2 nitrogen and oxygen atoms in total. The van der Waals surface area contributed by atoms with Gasteiger partial charge in [-0.25, -0.2) is 0 Å². The molecule has 0 radical (unpaired) electrons. The number of piperidine rings is 1. The predicted molar refractivity (Wildman–Crippen MR) is 115 cm³/mol. The van der Waals surface area contributed by atoms with Crippen LogP contribution in [0.4, 0.5) is 0 Å². The maximum atomic E-state index is 4.10. The van der Waals surface area contributed by atoms with Crippen molar-refractivity contribution in [2.24, 2.45) is 11.8 Å². The van der Waals surface area contributed by atoms with Crippen LogP contribution in [-0.4, -0.2) is 29.0 Å². The molecule has 1 saturated heterocycles. The van der Waals surface area contributed by atoms with Gasteiger partial charge in [0.05, 0.1) is 0 Å². The van der Waals surface area contributed by atoms with E-state index in [0.29, 0.717) is 17.9 Å². The number of aromatic nitrogens is 1. The maximum Gasteiger partial charge on any atom is 0.0456 e. The van der Waals surface area contributed by atoms with Crippen molar-refractivity contribution in [3.8, 4) is 0 Å². The zero-order valence-corrected chi connectivity index (χ0v) is 16.3. The molecular formula is C25H30N2. The summed E-state index contributed by atoms with van der Waals surface area (Å²) in [6, 6.07) is 20.2. The highest BCUT2D eigenvalue weighted by atomic mass is 15.2. The SMILES string of the molecule is C=CC1CC(Cc2ccccc2)C(C)N(CCc2c[nH]c3ccccc23)C1. The average molecular weight is 359 g/mol. The minimum Gasteiger partial charge on any atom is -0.361 e. The Morgan fingerprint density at radius 3 is 2.70 bits per heavy atom. The summed E-state index contributed by atoms with van der Waals surface area (Å²) in [6.07, 6.45) is 7.86. The van der Waals surface area contributed by atoms with Gasteiger partial charge in [0.15, 0.2) is 0 Å². The second-order valence-corrected chi connectivity index (χ2v) is 8.03. The van der Waals surface area contributed by atoms with Gasteiger partial charge in [-0.15, -0.1) is 6.58 Å². The van der Waals surface area contributed by atoms with Crippen LogP contribution in [-0.2, 0) is 12.8 Å². The summed E-state index contributed by atoms with van der Waals surface area (Å²) in [7, 11) is 0. The fourth-order valence-electron chi connectivity index (χ4n) is 4.66. The molecule has 1 fully saturated rings. The number of rotatable bonds is 6. The number of hydrogen-bond donors (Lipinski definition) is 1. The van der Waals surface area contributed by atoms with Crippen molar-refractivity contribution in [2.45, 2.75) is 32.2 Å². The maximum absolute atomic E-state index is 4.10. The van der Waals surface area contributed by atoms with Crippen LogP contribution in [0.5, 0.6) is 0 Å². The highest BCUT2D eigenvalue weighted by molar-refractivity contribution is 5.83. The first-order valence-corrected chi connectivity index (χ1v) is 10.2. The third-order valence-electron chi connectivity index (χ3n) is 6.35. The van der Waals surface area contributed by atoms with Crippen LogP contribution in [0, 0.1) is 11.8 Å². The van der Waals surface area contributed by atoms with E-state index in [1.54, 1.807) is 0 Å². The largest absolute Gasteiger partial charge is 0.361 e. The van der Waals surface area contributed by atoms with E-state index in [9.17, 15) is 0 Å². The van der Waals surface area contributed by atoms with Gasteiger partial charge < -0.3 is 4.98 Å². The summed E-state index contributed by atoms with van der Waals surface area (Å²) in [5.41, 5.74) is 4.12. The monoisotopic (exact) mass is 358 g/mol. The van der Waals surface area contributed by atoms with Crippen molar-refractivity contribution in [3.63, 3.8) is 0 Å². The van der Waals surface area contributed by atoms with E-state index < -0.39 is 0 Å². The molecule has 3 aromatic rings. The number of nitrogens with one attached hydrogen (secondary N) is 1. The standard InChI is InChI=1S/C25H30N2/c1-3-20-15-23(16-21-9-5-4-6-10-21)19(2)27(18-20)14-13-22-17-26-25-12-8-7-11-24(22)25/h3-12,17,19-20,23,26H,1,13-16,18H2,2H3. The molecule has 3 unspecified atom stereocenters. The number of hydrogen-bond acceptors (Lipinski definition) is 1. The first-order valence-electron chi connectivity index (χ1n) is 10.2. The lowest BCUT2D eigenvalue weighted by molar-refractivity contribution is 0.0817. The Hall–Kier alpha value is -2.32. The molecule has 1 aliphatic heterocycles. The molecule has 2 aromatic carbocycles. The molecule has 0 aliphatic carbocycles. The second-order valence-electron chi connectivity index (χ2n) is 8.03. The summed E-state index contributed by atoms with van der Waals surface area (Å²) in [6.45, 7) is 8.77. The Kier molecular flexibility index (Phi) is 5.45. The molecule has 3 atom stereocenters. The Morgan fingerprint density at radius 1 is 1.11 bits per heavy atom. The lowest BCUT2D eigenvalue weighted by atomic mass is 9.80. The van der Waals surface area contributed by atoms with Gasteiger partial charge in [-0.1, -0.05) is 54.6 Å². The molecule has 0 bridgehead atoms. The molecule has 0 saturated carbocycles. The topological polar surface area (TPSA) is 19.0 Å². The number of H-pyrrole nitrogens is 1. The summed E-state index contributed by atoms with van der Waals surface area (Å²) in [5, 5.41) is 1.36. The van der Waals surface area contributed by atoms with Crippen molar-refractivity contribution >= 4 is 10.9 Å². The zero-order chi connectivity index (χ0) is 18.6. The number of fused-ring (bicyclic) bond motifs is 1. The van der Waals surface area contributed by atoms with E-state index in [2.05, 4.69) is 90.3 Å². The van der Waals surface area contributed by atoms with Gasteiger partial charge in [0.2, 0.25) is 0 Å². The fourth-order valence-corrected chi connectivity index (χ4v) is 4.66. The third-order valence-corrected chi connectivity index (χ3v) is 6.35. The van der Waals surface area contributed by atoms with Gasteiger partial charge >= 0.3 is 0 Å². The molecule has 2 heterocycles. The summed E-state index contributed by atoms with van der Waals surface area (Å²) in [5.74, 6) is 1.28. The van der Waals surface area contributed by atoms with Crippen molar-refractivity contribution < 1.29 is 0 Å². The molecule has 0 amide bonds. The van der Waals surface area contributed by atoms with Crippen molar-refractivity contribution in [3.05, 3.63) is 84.6 Å². The summed E-state index contributed by atoms with van der Waals surface area (Å²) >= 11 is 0. The predicted octanol–water partition coefficient (Wildman–Crippen LogP) is 5.47. The number of benzene rings is 2. The van der Waals surface area contributed by atoms with Crippen molar-refractivity contribution in [1.29, 1.82) is 0 Å². The van der Waals surface area contributed by atoms with E-state index in [0.717, 1.165) is 25.9 Å². The molecule has 0 spiro atoms. The van der Waals surface area contributed by atoms with Crippen LogP contribution in [0.2, 0.25) is 0 Å². The molecule has 27 heavy (non-hydrogen) atoms. The first-order chi connectivity index (χ1) is 13.2. The van der Waals surface area contributed by atoms with Gasteiger partial charge in [-0.2, -0.15) is 0 Å². The molecule has 1 aliphatic rings. The third kappa shape index (κ3) is 4.01. The van der Waals surface area contributed by atoms with E-state index in [1.165, 1.54) is 28.5 Å². The van der Waals surface area contributed by atoms with Crippen LogP contribution < -0.4 is 0 Å². The normalized spacial score (nSPS) is 23.5. The number of aromatic amines is 1. The van der Waals surface area contributed by atoms with E-state index in [1.807, 2.05) is 0 Å². The van der Waals surface area contributed by atoms with Crippen LogP contribution in [0.15, 0.2) is 73.4 Å². The van der Waals surface area contributed by atoms with E-state index in [-0.39, 0.29) is 0 Å². The Balaban J connectivity index is 1.46. The van der Waals surface area contributed by atoms with Gasteiger partial charge in [-0.05, 0) is 55.2 Å². The smallest absolute Gasteiger partial charge is 0.0456 e. The van der Waals surface area contributed by atoms with Gasteiger partial charge in [-0.3, -0.25) is 4.90 Å². The lowest BCUT2D eigenvalue weighted by Gasteiger charge is -2.43. The zero-order valence-electron chi connectivity index (χ0n) is 16.3. The van der Waals surface area contributed by atoms with Crippen LogP contribution >= 0.6 is 0 Å². The second kappa shape index (κ2) is 8.14. The number of likely N-dealkylation sites (tertiary alicyclic amines) is 1. The Morgan fingerprint density at radius 2 is 1.89 bits per heavy atom. The summed E-state index contributed by atoms with van der Waals surface area (Å²) < 4.78 is 0. The number of nitrogens with zero attached hydrogens (tertiary/aromatic N) is 1. The van der Waals surface area contributed by atoms with Gasteiger partial charge in [0.25, 0.3) is 0 Å². The fraction of sp³-hybridized carbons (Fsp3) is 0.360. The van der Waals surface area contributed by atoms with Gasteiger partial charge in [0.1, 0.15) is 0 Å². The van der Waals surface area contributed by atoms with E-state index >= 15 is 0 Å². The van der Waals surface area contributed by atoms with Crippen LogP contribution in [0.3, 0.4) is 0 Å². The molecule has 1 N–H and O–H groups in total. The minimum atomic E-state index is 0.595. The van der Waals surface area contributed by atoms with Crippen LogP contribution in [0.25, 0.3) is 10.9 Å². The first kappa shape index (κ1) is 18.1. The minimum absolute atomic E-state index is 0.595. The lowest BCUT2D eigenvalue weighted by Crippen LogP contribution is -2.48. The van der Waals surface area contributed by atoms with Crippen LogP contribution in [0.1, 0.15) is 24.5 Å². The Bertz CT molecular complexity index is 879.